The number of amides is 1. The predicted molar refractivity (Wildman–Crippen MR) is 87.2 cm³/mol. The van der Waals surface area contributed by atoms with Gasteiger partial charge in [0.05, 0.1) is 12.3 Å². The van der Waals surface area contributed by atoms with E-state index in [1.807, 2.05) is 32.9 Å². The van der Waals surface area contributed by atoms with Crippen LogP contribution >= 0.6 is 0 Å². The van der Waals surface area contributed by atoms with Gasteiger partial charge in [0.2, 0.25) is 0 Å². The number of hydrazone groups is 1. The van der Waals surface area contributed by atoms with E-state index >= 15 is 0 Å². The van der Waals surface area contributed by atoms with Crippen molar-refractivity contribution in [3.63, 3.8) is 0 Å². The summed E-state index contributed by atoms with van der Waals surface area (Å²) in [6.45, 7) is 5.61. The normalized spacial score (nSPS) is 10.8. The van der Waals surface area contributed by atoms with Gasteiger partial charge in [-0.3, -0.25) is 14.9 Å². The van der Waals surface area contributed by atoms with E-state index in [0.717, 1.165) is 16.7 Å². The second-order valence-corrected chi connectivity index (χ2v) is 5.17. The molecular formula is C16H17N3O5. The third-order valence-electron chi connectivity index (χ3n) is 3.39. The van der Waals surface area contributed by atoms with Gasteiger partial charge in [0.15, 0.2) is 12.4 Å². The molecule has 2 aromatic rings. The second kappa shape index (κ2) is 7.40. The molecule has 0 radical (unpaired) electrons. The molecule has 24 heavy (non-hydrogen) atoms. The monoisotopic (exact) mass is 331 g/mol. The Labute approximate surface area is 138 Å². The number of carbonyl (C=O) groups is 1. The number of carbonyl (C=O) groups excluding carboxylic acids is 1. The third-order valence-corrected chi connectivity index (χ3v) is 3.39. The van der Waals surface area contributed by atoms with Crippen LogP contribution in [0.3, 0.4) is 0 Å². The Morgan fingerprint density at radius 1 is 1.29 bits per heavy atom. The van der Waals surface area contributed by atoms with Gasteiger partial charge in [0, 0.05) is 0 Å². The summed E-state index contributed by atoms with van der Waals surface area (Å²) in [5, 5.41) is 14.1. The maximum atomic E-state index is 11.7. The lowest BCUT2D eigenvalue weighted by Crippen LogP contribution is -2.25. The molecule has 1 aromatic heterocycles. The van der Waals surface area contributed by atoms with Crippen LogP contribution in [0.1, 0.15) is 22.5 Å². The Morgan fingerprint density at radius 3 is 2.67 bits per heavy atom. The van der Waals surface area contributed by atoms with E-state index in [1.165, 1.54) is 18.3 Å². The Bertz CT molecular complexity index is 795. The highest BCUT2D eigenvalue weighted by atomic mass is 16.6. The minimum atomic E-state index is -0.656. The summed E-state index contributed by atoms with van der Waals surface area (Å²) in [5.74, 6) is -0.00630. The highest BCUT2D eigenvalue weighted by Gasteiger charge is 2.11. The van der Waals surface area contributed by atoms with E-state index in [4.69, 9.17) is 9.15 Å². The number of nitrogens with one attached hydrogen (secondary N) is 1. The van der Waals surface area contributed by atoms with Crippen LogP contribution in [0.2, 0.25) is 0 Å². The predicted octanol–water partition coefficient (Wildman–Crippen LogP) is 2.64. The average molecular weight is 331 g/mol. The highest BCUT2D eigenvalue weighted by Crippen LogP contribution is 2.25. The molecule has 0 atom stereocenters. The number of nitrogens with zero attached hydrogens (tertiary/aromatic N) is 2. The highest BCUT2D eigenvalue weighted by molar-refractivity contribution is 5.81. The summed E-state index contributed by atoms with van der Waals surface area (Å²) < 4.78 is 10.4. The van der Waals surface area contributed by atoms with Crippen LogP contribution in [0.4, 0.5) is 5.88 Å². The molecule has 1 aromatic carbocycles. The first-order valence-electron chi connectivity index (χ1n) is 7.14. The number of ether oxygens (including phenoxy) is 1. The molecule has 1 amide bonds. The van der Waals surface area contributed by atoms with Crippen LogP contribution < -0.4 is 10.2 Å². The number of rotatable bonds is 6. The lowest BCUT2D eigenvalue weighted by atomic mass is 10.1. The number of furan rings is 1. The van der Waals surface area contributed by atoms with Gasteiger partial charge in [-0.05, 0) is 43.5 Å². The SMILES string of the molecule is Cc1ccc(C)c(OCC(=O)NN=Cc2ccc([N+](=O)[O-])o2)c1C. The molecule has 0 bridgehead atoms. The van der Waals surface area contributed by atoms with Gasteiger partial charge >= 0.3 is 5.88 Å². The molecule has 1 heterocycles. The fourth-order valence-electron chi connectivity index (χ4n) is 2.00. The smallest absolute Gasteiger partial charge is 0.433 e. The number of hydrogen-bond acceptors (Lipinski definition) is 6. The minimum Gasteiger partial charge on any atom is -0.483 e. The summed E-state index contributed by atoms with van der Waals surface area (Å²) >= 11 is 0. The molecular weight excluding hydrogens is 314 g/mol. The Morgan fingerprint density at radius 2 is 2.00 bits per heavy atom. The van der Waals surface area contributed by atoms with E-state index in [9.17, 15) is 14.9 Å². The van der Waals surface area contributed by atoms with Gasteiger partial charge in [-0.15, -0.1) is 0 Å². The summed E-state index contributed by atoms with van der Waals surface area (Å²) in [4.78, 5) is 21.6. The van der Waals surface area contributed by atoms with Crippen molar-refractivity contribution < 1.29 is 18.9 Å². The lowest BCUT2D eigenvalue weighted by molar-refractivity contribution is -0.402. The molecule has 0 aliphatic heterocycles. The summed E-state index contributed by atoms with van der Waals surface area (Å²) in [6, 6.07) is 6.50. The second-order valence-electron chi connectivity index (χ2n) is 5.17. The summed E-state index contributed by atoms with van der Waals surface area (Å²) in [7, 11) is 0. The largest absolute Gasteiger partial charge is 0.483 e. The van der Waals surface area contributed by atoms with Gasteiger partial charge < -0.3 is 9.15 Å². The minimum absolute atomic E-state index is 0.160. The molecule has 126 valence electrons. The number of nitro groups is 1. The van der Waals surface area contributed by atoms with Crippen molar-refractivity contribution in [2.45, 2.75) is 20.8 Å². The number of hydrogen-bond donors (Lipinski definition) is 1. The Balaban J connectivity index is 1.88. The molecule has 8 heteroatoms. The average Bonchev–Trinajstić information content (AvgIpc) is 3.00. The van der Waals surface area contributed by atoms with Crippen LogP contribution in [0.25, 0.3) is 0 Å². The molecule has 0 saturated carbocycles. The topological polar surface area (TPSA) is 107 Å². The Kier molecular flexibility index (Phi) is 5.31. The van der Waals surface area contributed by atoms with Crippen molar-refractivity contribution in [3.05, 3.63) is 56.8 Å². The van der Waals surface area contributed by atoms with E-state index in [-0.39, 0.29) is 12.4 Å². The van der Waals surface area contributed by atoms with E-state index < -0.39 is 16.7 Å². The van der Waals surface area contributed by atoms with Crippen molar-refractivity contribution >= 4 is 18.0 Å². The van der Waals surface area contributed by atoms with E-state index in [0.29, 0.717) is 5.75 Å². The Hall–Kier alpha value is -3.16. The van der Waals surface area contributed by atoms with Crippen molar-refractivity contribution in [2.24, 2.45) is 5.10 Å². The number of aryl methyl sites for hydroxylation is 2. The quantitative estimate of drug-likeness (QED) is 0.497. The molecule has 0 fully saturated rings. The number of benzene rings is 1. The standard InChI is InChI=1S/C16H17N3O5/c1-10-4-5-11(2)16(12(10)3)23-9-14(20)18-17-8-13-6-7-15(24-13)19(21)22/h4-8H,9H2,1-3H3,(H,18,20). The molecule has 1 N–H and O–H groups in total. The molecule has 0 unspecified atom stereocenters. The van der Waals surface area contributed by atoms with Gasteiger partial charge in [-0.25, -0.2) is 5.43 Å². The molecule has 8 nitrogen and oxygen atoms in total. The van der Waals surface area contributed by atoms with Gasteiger partial charge in [-0.1, -0.05) is 12.1 Å². The molecule has 0 spiro atoms. The van der Waals surface area contributed by atoms with Gasteiger partial charge in [-0.2, -0.15) is 5.10 Å². The molecule has 2 rings (SSSR count). The van der Waals surface area contributed by atoms with Crippen molar-refractivity contribution in [1.82, 2.24) is 5.43 Å². The van der Waals surface area contributed by atoms with Gasteiger partial charge in [0.1, 0.15) is 10.7 Å². The molecule has 0 aliphatic carbocycles. The van der Waals surface area contributed by atoms with Crippen LogP contribution in [-0.4, -0.2) is 23.7 Å². The zero-order valence-corrected chi connectivity index (χ0v) is 13.5. The lowest BCUT2D eigenvalue weighted by Gasteiger charge is -2.13. The maximum Gasteiger partial charge on any atom is 0.433 e. The fraction of sp³-hybridized carbons (Fsp3) is 0.250. The van der Waals surface area contributed by atoms with Crippen molar-refractivity contribution in [2.75, 3.05) is 6.61 Å². The third kappa shape index (κ3) is 4.19. The zero-order valence-electron chi connectivity index (χ0n) is 13.5. The first kappa shape index (κ1) is 17.2. The first-order valence-corrected chi connectivity index (χ1v) is 7.14. The van der Waals surface area contributed by atoms with Crippen molar-refractivity contribution in [1.29, 1.82) is 0 Å². The zero-order chi connectivity index (χ0) is 17.7. The first-order chi connectivity index (χ1) is 11.4. The van der Waals surface area contributed by atoms with Crippen molar-refractivity contribution in [3.8, 4) is 5.75 Å². The van der Waals surface area contributed by atoms with E-state index in [1.54, 1.807) is 0 Å². The maximum absolute atomic E-state index is 11.7. The van der Waals surface area contributed by atoms with Gasteiger partial charge in [0.25, 0.3) is 5.91 Å². The summed E-state index contributed by atoms with van der Waals surface area (Å²) in [6.07, 6.45) is 1.17. The van der Waals surface area contributed by atoms with Crippen LogP contribution in [0.15, 0.2) is 33.8 Å². The molecule has 0 saturated heterocycles. The van der Waals surface area contributed by atoms with E-state index in [2.05, 4.69) is 10.5 Å². The van der Waals surface area contributed by atoms with Crippen LogP contribution in [-0.2, 0) is 4.79 Å². The fourth-order valence-corrected chi connectivity index (χ4v) is 2.00. The molecule has 0 aliphatic rings. The van der Waals surface area contributed by atoms with Crippen LogP contribution in [0, 0.1) is 30.9 Å². The summed E-state index contributed by atoms with van der Waals surface area (Å²) in [5.41, 5.74) is 5.27. The van der Waals surface area contributed by atoms with Crippen LogP contribution in [0.5, 0.6) is 5.75 Å².